The van der Waals surface area contributed by atoms with E-state index in [1.807, 2.05) is 12.1 Å². The molecule has 1 saturated carbocycles. The van der Waals surface area contributed by atoms with Crippen molar-refractivity contribution in [1.29, 1.82) is 0 Å². The van der Waals surface area contributed by atoms with Crippen molar-refractivity contribution in [1.82, 2.24) is 0 Å². The SMILES string of the molecule is C=C[C@@H]1C[C@@H](O[Si](c2ccccc2)(c2ccccc2)C(C)(C)C)CCC12C(=O)OC(C)(C)OC2=O. The Kier molecular flexibility index (Phi) is 6.58. The monoisotopic (exact) mass is 492 g/mol. The minimum Gasteiger partial charge on any atom is -0.422 e. The fraction of sp³-hybridized carbons (Fsp3) is 0.448. The fourth-order valence-electron chi connectivity index (χ4n) is 5.76. The van der Waals surface area contributed by atoms with Crippen LogP contribution in [0, 0.1) is 11.3 Å². The van der Waals surface area contributed by atoms with Crippen LogP contribution in [-0.4, -0.2) is 32.1 Å². The molecular formula is C29H36O5Si. The number of carbonyl (C=O) groups excluding carboxylic acids is 2. The first-order valence-corrected chi connectivity index (χ1v) is 14.3. The van der Waals surface area contributed by atoms with E-state index in [-0.39, 0.29) is 11.1 Å². The molecule has 0 unspecified atom stereocenters. The molecule has 1 aliphatic carbocycles. The molecule has 1 saturated heterocycles. The Morgan fingerprint density at radius 1 is 0.943 bits per heavy atom. The second-order valence-electron chi connectivity index (χ2n) is 11.2. The zero-order valence-electron chi connectivity index (χ0n) is 21.4. The van der Waals surface area contributed by atoms with E-state index in [0.717, 1.165) is 0 Å². The van der Waals surface area contributed by atoms with Gasteiger partial charge in [-0.1, -0.05) is 87.5 Å². The van der Waals surface area contributed by atoms with Gasteiger partial charge >= 0.3 is 11.9 Å². The van der Waals surface area contributed by atoms with Gasteiger partial charge in [-0.15, -0.1) is 6.58 Å². The van der Waals surface area contributed by atoms with E-state index < -0.39 is 37.4 Å². The van der Waals surface area contributed by atoms with Gasteiger partial charge in [0.25, 0.3) is 14.1 Å². The van der Waals surface area contributed by atoms with Crippen molar-refractivity contribution in [2.45, 2.75) is 70.8 Å². The summed E-state index contributed by atoms with van der Waals surface area (Å²) in [6.45, 7) is 13.9. The summed E-state index contributed by atoms with van der Waals surface area (Å²) in [5, 5.41) is 2.24. The molecule has 2 fully saturated rings. The van der Waals surface area contributed by atoms with Gasteiger partial charge in [-0.25, -0.2) is 0 Å². The summed E-state index contributed by atoms with van der Waals surface area (Å²) >= 11 is 0. The van der Waals surface area contributed by atoms with Gasteiger partial charge in [0.15, 0.2) is 5.41 Å². The molecule has 35 heavy (non-hydrogen) atoms. The van der Waals surface area contributed by atoms with Crippen LogP contribution in [0.1, 0.15) is 53.9 Å². The number of hydrogen-bond acceptors (Lipinski definition) is 5. The summed E-state index contributed by atoms with van der Waals surface area (Å²) in [6, 6.07) is 21.0. The Morgan fingerprint density at radius 3 is 1.86 bits per heavy atom. The van der Waals surface area contributed by atoms with Crippen molar-refractivity contribution < 1.29 is 23.5 Å². The quantitative estimate of drug-likeness (QED) is 0.261. The lowest BCUT2D eigenvalue weighted by Crippen LogP contribution is -2.68. The Morgan fingerprint density at radius 2 is 1.43 bits per heavy atom. The summed E-state index contributed by atoms with van der Waals surface area (Å²) in [5.74, 6) is -2.73. The smallest absolute Gasteiger partial charge is 0.327 e. The average Bonchev–Trinajstić information content (AvgIpc) is 2.81. The molecule has 0 aromatic heterocycles. The number of carbonyl (C=O) groups is 2. The molecule has 0 radical (unpaired) electrons. The van der Waals surface area contributed by atoms with E-state index in [1.54, 1.807) is 19.9 Å². The predicted molar refractivity (Wildman–Crippen MR) is 139 cm³/mol. The van der Waals surface area contributed by atoms with Crippen LogP contribution in [-0.2, 0) is 23.5 Å². The highest BCUT2D eigenvalue weighted by molar-refractivity contribution is 6.99. The standard InChI is InChI=1S/C29H36O5Si/c1-7-21-20-22(18-19-29(21)25(30)32-28(5,6)33-26(29)31)34-35(27(2,3)4,23-14-10-8-11-15-23)24-16-12-9-13-17-24/h7-17,21-22H,1,18-20H2,2-6H3/t21-,22+/m1/s1. The molecule has 1 aliphatic heterocycles. The van der Waals surface area contributed by atoms with Gasteiger partial charge in [-0.2, -0.15) is 0 Å². The highest BCUT2D eigenvalue weighted by atomic mass is 28.4. The normalized spacial score (nSPS) is 23.9. The second-order valence-corrected chi connectivity index (χ2v) is 15.4. The van der Waals surface area contributed by atoms with Crippen LogP contribution < -0.4 is 10.4 Å². The molecule has 4 rings (SSSR count). The van der Waals surface area contributed by atoms with Crippen LogP contribution in [0.2, 0.25) is 5.04 Å². The number of ether oxygens (including phenoxy) is 2. The summed E-state index contributed by atoms with van der Waals surface area (Å²) < 4.78 is 18.4. The van der Waals surface area contributed by atoms with Crippen molar-refractivity contribution in [2.24, 2.45) is 11.3 Å². The largest absolute Gasteiger partial charge is 0.422 e. The molecule has 1 spiro atoms. The number of benzene rings is 2. The maximum atomic E-state index is 13.2. The highest BCUT2D eigenvalue weighted by Crippen LogP contribution is 2.50. The lowest BCUT2D eigenvalue weighted by atomic mass is 9.65. The minimum absolute atomic E-state index is 0.148. The third-order valence-corrected chi connectivity index (χ3v) is 12.6. The maximum absolute atomic E-state index is 13.2. The fourth-order valence-corrected chi connectivity index (χ4v) is 10.5. The predicted octanol–water partition coefficient (Wildman–Crippen LogP) is 4.74. The molecule has 5 nitrogen and oxygen atoms in total. The Labute approximate surface area is 209 Å². The van der Waals surface area contributed by atoms with Gasteiger partial charge in [0.05, 0.1) is 0 Å². The van der Waals surface area contributed by atoms with Crippen LogP contribution in [0.25, 0.3) is 0 Å². The number of cyclic esters (lactones) is 2. The molecule has 0 bridgehead atoms. The zero-order chi connectivity index (χ0) is 25.5. The topological polar surface area (TPSA) is 61.8 Å². The molecule has 0 amide bonds. The third-order valence-electron chi connectivity index (χ3n) is 7.46. The van der Waals surface area contributed by atoms with E-state index in [1.165, 1.54) is 10.4 Å². The van der Waals surface area contributed by atoms with Crippen molar-refractivity contribution in [3.05, 3.63) is 73.3 Å². The van der Waals surface area contributed by atoms with Crippen LogP contribution in [0.3, 0.4) is 0 Å². The molecule has 2 atom stereocenters. The highest BCUT2D eigenvalue weighted by Gasteiger charge is 2.62. The maximum Gasteiger partial charge on any atom is 0.327 e. The zero-order valence-corrected chi connectivity index (χ0v) is 22.4. The molecule has 2 aromatic rings. The van der Waals surface area contributed by atoms with E-state index in [4.69, 9.17) is 13.9 Å². The summed E-state index contributed by atoms with van der Waals surface area (Å²) in [5.41, 5.74) is -1.36. The van der Waals surface area contributed by atoms with Crippen molar-refractivity contribution in [3.8, 4) is 0 Å². The molecule has 2 aliphatic rings. The van der Waals surface area contributed by atoms with Crippen molar-refractivity contribution >= 4 is 30.6 Å². The lowest BCUT2D eigenvalue weighted by molar-refractivity contribution is -0.257. The first-order valence-electron chi connectivity index (χ1n) is 12.3. The minimum atomic E-state index is -2.76. The Hall–Kier alpha value is -2.70. The first-order chi connectivity index (χ1) is 16.5. The van der Waals surface area contributed by atoms with Gasteiger partial charge in [0, 0.05) is 25.9 Å². The van der Waals surface area contributed by atoms with Crippen LogP contribution in [0.4, 0.5) is 0 Å². The molecule has 0 N–H and O–H groups in total. The second kappa shape index (κ2) is 9.06. The van der Waals surface area contributed by atoms with E-state index in [9.17, 15) is 9.59 Å². The summed E-state index contributed by atoms with van der Waals surface area (Å²) in [4.78, 5) is 26.3. The van der Waals surface area contributed by atoms with Crippen LogP contribution in [0.5, 0.6) is 0 Å². The van der Waals surface area contributed by atoms with Crippen LogP contribution in [0.15, 0.2) is 73.3 Å². The third kappa shape index (κ3) is 4.27. The van der Waals surface area contributed by atoms with Gasteiger partial charge in [0.1, 0.15) is 0 Å². The van der Waals surface area contributed by atoms with Gasteiger partial charge < -0.3 is 13.9 Å². The number of allylic oxidation sites excluding steroid dienone is 1. The first kappa shape index (κ1) is 25.4. The summed E-state index contributed by atoms with van der Waals surface area (Å²) in [6.07, 6.45) is 2.91. The number of esters is 2. The molecule has 6 heteroatoms. The van der Waals surface area contributed by atoms with E-state index in [2.05, 4.69) is 75.9 Å². The van der Waals surface area contributed by atoms with Crippen molar-refractivity contribution in [3.63, 3.8) is 0 Å². The summed E-state index contributed by atoms with van der Waals surface area (Å²) in [7, 11) is -2.76. The average molecular weight is 493 g/mol. The van der Waals surface area contributed by atoms with E-state index in [0.29, 0.717) is 19.3 Å². The van der Waals surface area contributed by atoms with Gasteiger partial charge in [0.2, 0.25) is 0 Å². The number of hydrogen-bond donors (Lipinski definition) is 0. The molecule has 1 heterocycles. The Bertz CT molecular complexity index is 1030. The van der Waals surface area contributed by atoms with Gasteiger partial charge in [-0.3, -0.25) is 9.59 Å². The van der Waals surface area contributed by atoms with Gasteiger partial charge in [-0.05, 0) is 34.7 Å². The van der Waals surface area contributed by atoms with Crippen LogP contribution >= 0.6 is 0 Å². The lowest BCUT2D eigenvalue weighted by Gasteiger charge is -2.50. The molecular weight excluding hydrogens is 456 g/mol. The molecule has 2 aromatic carbocycles. The van der Waals surface area contributed by atoms with E-state index >= 15 is 0 Å². The molecule has 186 valence electrons. The van der Waals surface area contributed by atoms with Crippen molar-refractivity contribution in [2.75, 3.05) is 0 Å². The Balaban J connectivity index is 1.73. The number of rotatable bonds is 5.